The van der Waals surface area contributed by atoms with Crippen molar-refractivity contribution in [3.63, 3.8) is 0 Å². The lowest BCUT2D eigenvalue weighted by molar-refractivity contribution is -0.140. The van der Waals surface area contributed by atoms with Gasteiger partial charge in [-0.2, -0.15) is 0 Å². The molecule has 0 unspecified atom stereocenters. The fourth-order valence-electron chi connectivity index (χ4n) is 4.00. The van der Waals surface area contributed by atoms with E-state index in [9.17, 15) is 22.4 Å². The number of rotatable bonds is 12. The number of ether oxygens (including phenoxy) is 1. The molecule has 3 aromatic rings. The number of nitrogens with zero attached hydrogens (tertiary/aromatic N) is 2. The molecule has 0 aliphatic rings. The highest BCUT2D eigenvalue weighted by molar-refractivity contribution is 7.92. The summed E-state index contributed by atoms with van der Waals surface area (Å²) in [5, 5.41) is 2.58. The highest BCUT2D eigenvalue weighted by atomic mass is 32.2. The van der Waals surface area contributed by atoms with Crippen LogP contribution < -0.4 is 14.4 Å². The first-order valence-electron chi connectivity index (χ1n) is 12.3. The topological polar surface area (TPSA) is 96.0 Å². The molecule has 10 heteroatoms. The first-order chi connectivity index (χ1) is 18.2. The van der Waals surface area contributed by atoms with E-state index in [0.29, 0.717) is 18.8 Å². The molecule has 38 heavy (non-hydrogen) atoms. The maximum absolute atomic E-state index is 13.8. The minimum absolute atomic E-state index is 0.0639. The molecule has 0 heterocycles. The van der Waals surface area contributed by atoms with E-state index in [2.05, 4.69) is 5.32 Å². The van der Waals surface area contributed by atoms with Gasteiger partial charge >= 0.3 is 0 Å². The molecule has 2 amide bonds. The molecule has 1 N–H and O–H groups in total. The third kappa shape index (κ3) is 6.89. The SMILES string of the molecule is CCOc1ccc(S(=O)(=O)N(CC(=O)N(Cc2ccccc2)[C@@H](CC)C(=O)NC)c2ccc(F)cc2)cc1. The van der Waals surface area contributed by atoms with Gasteiger partial charge in [0.25, 0.3) is 10.0 Å². The summed E-state index contributed by atoms with van der Waals surface area (Å²) in [6.07, 6.45) is 0.320. The van der Waals surface area contributed by atoms with Crippen LogP contribution in [0.4, 0.5) is 10.1 Å². The Kier molecular flexibility index (Phi) is 9.84. The quantitative estimate of drug-likeness (QED) is 0.374. The maximum Gasteiger partial charge on any atom is 0.264 e. The molecule has 3 aromatic carbocycles. The zero-order chi connectivity index (χ0) is 27.7. The van der Waals surface area contributed by atoms with E-state index in [1.165, 1.54) is 48.3 Å². The Hall–Kier alpha value is -3.92. The summed E-state index contributed by atoms with van der Waals surface area (Å²) in [6, 6.07) is 19.0. The van der Waals surface area contributed by atoms with Crippen molar-refractivity contribution < 1.29 is 27.1 Å². The monoisotopic (exact) mass is 541 g/mol. The number of anilines is 1. The van der Waals surface area contributed by atoms with Crippen LogP contribution in [0.5, 0.6) is 5.75 Å². The van der Waals surface area contributed by atoms with Crippen LogP contribution >= 0.6 is 0 Å². The first-order valence-corrected chi connectivity index (χ1v) is 13.7. The first kappa shape index (κ1) is 28.6. The van der Waals surface area contributed by atoms with Crippen LogP contribution in [0, 0.1) is 5.82 Å². The van der Waals surface area contributed by atoms with Crippen molar-refractivity contribution in [2.24, 2.45) is 0 Å². The highest BCUT2D eigenvalue weighted by Gasteiger charge is 2.33. The smallest absolute Gasteiger partial charge is 0.264 e. The molecule has 0 aliphatic carbocycles. The van der Waals surface area contributed by atoms with Crippen LogP contribution in [-0.4, -0.2) is 51.4 Å². The molecule has 0 aromatic heterocycles. The average molecular weight is 542 g/mol. The molecular formula is C28H32FN3O5S. The molecule has 0 bridgehead atoms. The number of sulfonamides is 1. The van der Waals surface area contributed by atoms with E-state index < -0.39 is 34.3 Å². The fourth-order valence-corrected chi connectivity index (χ4v) is 5.42. The van der Waals surface area contributed by atoms with Crippen LogP contribution in [-0.2, 0) is 26.2 Å². The predicted octanol–water partition coefficient (Wildman–Crippen LogP) is 3.97. The number of carbonyl (C=O) groups excluding carboxylic acids is 2. The summed E-state index contributed by atoms with van der Waals surface area (Å²) in [6.45, 7) is 3.52. The summed E-state index contributed by atoms with van der Waals surface area (Å²) >= 11 is 0. The van der Waals surface area contributed by atoms with Crippen LogP contribution in [0.15, 0.2) is 83.8 Å². The number of carbonyl (C=O) groups is 2. The van der Waals surface area contributed by atoms with Crippen LogP contribution in [0.3, 0.4) is 0 Å². The molecule has 0 saturated carbocycles. The Morgan fingerprint density at radius 2 is 1.58 bits per heavy atom. The van der Waals surface area contributed by atoms with Gasteiger partial charge < -0.3 is 15.0 Å². The van der Waals surface area contributed by atoms with Gasteiger partial charge in [-0.1, -0.05) is 37.3 Å². The summed E-state index contributed by atoms with van der Waals surface area (Å²) in [7, 11) is -2.77. The lowest BCUT2D eigenvalue weighted by atomic mass is 10.1. The van der Waals surface area contributed by atoms with Crippen molar-refractivity contribution in [1.82, 2.24) is 10.2 Å². The zero-order valence-corrected chi connectivity index (χ0v) is 22.4. The molecule has 1 atom stereocenters. The van der Waals surface area contributed by atoms with Crippen molar-refractivity contribution in [2.45, 2.75) is 37.8 Å². The van der Waals surface area contributed by atoms with Gasteiger partial charge in [-0.3, -0.25) is 13.9 Å². The predicted molar refractivity (Wildman–Crippen MR) is 144 cm³/mol. The van der Waals surface area contributed by atoms with E-state index >= 15 is 0 Å². The molecular weight excluding hydrogens is 509 g/mol. The number of nitrogens with one attached hydrogen (secondary N) is 1. The van der Waals surface area contributed by atoms with Gasteiger partial charge in [-0.25, -0.2) is 12.8 Å². The second-order valence-electron chi connectivity index (χ2n) is 8.44. The van der Waals surface area contributed by atoms with E-state index in [0.717, 1.165) is 22.0 Å². The summed E-state index contributed by atoms with van der Waals surface area (Å²) in [4.78, 5) is 27.8. The number of amides is 2. The summed E-state index contributed by atoms with van der Waals surface area (Å²) in [5.74, 6) is -0.987. The van der Waals surface area contributed by atoms with E-state index in [1.54, 1.807) is 6.92 Å². The lowest BCUT2D eigenvalue weighted by Crippen LogP contribution is -2.51. The van der Waals surface area contributed by atoms with Gasteiger partial charge in [0.05, 0.1) is 17.2 Å². The second-order valence-corrected chi connectivity index (χ2v) is 10.3. The Morgan fingerprint density at radius 1 is 0.947 bits per heavy atom. The number of hydrogen-bond donors (Lipinski definition) is 1. The highest BCUT2D eigenvalue weighted by Crippen LogP contribution is 2.26. The van der Waals surface area contributed by atoms with Crippen LogP contribution in [0.25, 0.3) is 0 Å². The second kappa shape index (κ2) is 13.0. The molecule has 202 valence electrons. The maximum atomic E-state index is 13.8. The molecule has 0 radical (unpaired) electrons. The fraction of sp³-hybridized carbons (Fsp3) is 0.286. The summed E-state index contributed by atoms with van der Waals surface area (Å²) < 4.78 is 47.6. The zero-order valence-electron chi connectivity index (χ0n) is 21.6. The molecule has 0 spiro atoms. The number of likely N-dealkylation sites (N-methyl/N-ethyl adjacent to an activating group) is 1. The van der Waals surface area contributed by atoms with E-state index in [-0.39, 0.29) is 23.0 Å². The van der Waals surface area contributed by atoms with E-state index in [1.807, 2.05) is 37.3 Å². The van der Waals surface area contributed by atoms with Crippen LogP contribution in [0.1, 0.15) is 25.8 Å². The van der Waals surface area contributed by atoms with Gasteiger partial charge in [0.15, 0.2) is 0 Å². The Morgan fingerprint density at radius 3 is 2.13 bits per heavy atom. The number of halogens is 1. The minimum Gasteiger partial charge on any atom is -0.494 e. The molecule has 3 rings (SSSR count). The minimum atomic E-state index is -4.25. The molecule has 0 fully saturated rings. The Balaban J connectivity index is 2.03. The standard InChI is InChI=1S/C28H32FN3O5S/c1-4-26(28(34)30-3)31(19-21-9-7-6-8-10-21)27(33)20-32(23-13-11-22(29)12-14-23)38(35,36)25-17-15-24(16-18-25)37-5-2/h6-18,26H,4-5,19-20H2,1-3H3,(H,30,34)/t26-/m0/s1. The largest absolute Gasteiger partial charge is 0.494 e. The van der Waals surface area contributed by atoms with Crippen LogP contribution in [0.2, 0.25) is 0 Å². The summed E-state index contributed by atoms with van der Waals surface area (Å²) in [5.41, 5.74) is 0.896. The number of hydrogen-bond acceptors (Lipinski definition) is 5. The molecule has 8 nitrogen and oxygen atoms in total. The molecule has 0 saturated heterocycles. The van der Waals surface area contributed by atoms with Gasteiger partial charge in [0, 0.05) is 13.6 Å². The van der Waals surface area contributed by atoms with Gasteiger partial charge in [-0.15, -0.1) is 0 Å². The molecule has 0 aliphatic heterocycles. The number of benzene rings is 3. The van der Waals surface area contributed by atoms with Crippen molar-refractivity contribution in [1.29, 1.82) is 0 Å². The normalized spacial score (nSPS) is 11.9. The van der Waals surface area contributed by atoms with E-state index in [4.69, 9.17) is 4.74 Å². The lowest BCUT2D eigenvalue weighted by Gasteiger charge is -2.33. The van der Waals surface area contributed by atoms with Crippen molar-refractivity contribution in [3.8, 4) is 5.75 Å². The third-order valence-corrected chi connectivity index (χ3v) is 7.73. The van der Waals surface area contributed by atoms with Crippen molar-refractivity contribution >= 4 is 27.5 Å². The van der Waals surface area contributed by atoms with Crippen molar-refractivity contribution in [2.75, 3.05) is 24.5 Å². The third-order valence-electron chi connectivity index (χ3n) is 5.94. The van der Waals surface area contributed by atoms with Gasteiger partial charge in [0.1, 0.15) is 24.2 Å². The van der Waals surface area contributed by atoms with Gasteiger partial charge in [0.2, 0.25) is 11.8 Å². The van der Waals surface area contributed by atoms with Crippen molar-refractivity contribution in [3.05, 3.63) is 90.2 Å². The van der Waals surface area contributed by atoms with Gasteiger partial charge in [-0.05, 0) is 67.4 Å². The Bertz CT molecular complexity index is 1320. The average Bonchev–Trinajstić information content (AvgIpc) is 2.93. The Labute approximate surface area is 223 Å².